The van der Waals surface area contributed by atoms with Gasteiger partial charge in [0.25, 0.3) is 0 Å². The zero-order valence-corrected chi connectivity index (χ0v) is 11.0. The van der Waals surface area contributed by atoms with Crippen molar-refractivity contribution in [2.45, 2.75) is 45.1 Å². The van der Waals surface area contributed by atoms with E-state index in [4.69, 9.17) is 0 Å². The van der Waals surface area contributed by atoms with Crippen molar-refractivity contribution < 1.29 is 9.90 Å². The molecule has 1 aromatic carbocycles. The van der Waals surface area contributed by atoms with Crippen molar-refractivity contribution in [3.63, 3.8) is 0 Å². The van der Waals surface area contributed by atoms with E-state index in [9.17, 15) is 9.90 Å². The Kier molecular flexibility index (Phi) is 4.54. The minimum atomic E-state index is -0.488. The highest BCUT2D eigenvalue weighted by atomic mass is 16.3. The second-order valence-corrected chi connectivity index (χ2v) is 5.41. The Morgan fingerprint density at radius 1 is 1.17 bits per heavy atom. The van der Waals surface area contributed by atoms with Crippen molar-refractivity contribution in [2.24, 2.45) is 11.8 Å². The fourth-order valence-corrected chi connectivity index (χ4v) is 2.90. The average molecular weight is 246 g/mol. The third-order valence-electron chi connectivity index (χ3n) is 4.12. The van der Waals surface area contributed by atoms with Crippen LogP contribution in [-0.2, 0) is 0 Å². The number of hydrogen-bond donors (Lipinski definition) is 1. The van der Waals surface area contributed by atoms with Crippen LogP contribution >= 0.6 is 0 Å². The predicted octanol–water partition coefficient (Wildman–Crippen LogP) is 3.45. The van der Waals surface area contributed by atoms with Crippen LogP contribution in [0.3, 0.4) is 0 Å². The summed E-state index contributed by atoms with van der Waals surface area (Å²) in [5.74, 6) is 0.0746. The molecule has 18 heavy (non-hydrogen) atoms. The minimum absolute atomic E-state index is 0.0636. The molecule has 1 aliphatic rings. The van der Waals surface area contributed by atoms with E-state index in [1.54, 1.807) is 0 Å². The summed E-state index contributed by atoms with van der Waals surface area (Å²) < 4.78 is 0. The van der Waals surface area contributed by atoms with Crippen molar-refractivity contribution in [3.8, 4) is 0 Å². The van der Waals surface area contributed by atoms with Gasteiger partial charge in [0.15, 0.2) is 5.78 Å². The van der Waals surface area contributed by atoms with E-state index in [1.807, 2.05) is 37.3 Å². The molecule has 1 saturated carbocycles. The van der Waals surface area contributed by atoms with Crippen LogP contribution in [0.1, 0.15) is 49.4 Å². The van der Waals surface area contributed by atoms with Crippen LogP contribution < -0.4 is 0 Å². The van der Waals surface area contributed by atoms with Crippen LogP contribution in [-0.4, -0.2) is 17.0 Å². The zero-order valence-electron chi connectivity index (χ0n) is 11.0. The Bertz CT molecular complexity index is 379. The number of Topliss-reactive ketones (excluding diaryl/α,β-unsaturated/α-hetero) is 1. The summed E-state index contributed by atoms with van der Waals surface area (Å²) in [5.41, 5.74) is 0.708. The van der Waals surface area contributed by atoms with Gasteiger partial charge in [-0.3, -0.25) is 4.79 Å². The molecule has 0 heterocycles. The highest BCUT2D eigenvalue weighted by Crippen LogP contribution is 2.30. The number of aliphatic hydroxyl groups is 1. The van der Waals surface area contributed by atoms with Crippen molar-refractivity contribution in [3.05, 3.63) is 35.9 Å². The van der Waals surface area contributed by atoms with E-state index in [0.29, 0.717) is 11.5 Å². The van der Waals surface area contributed by atoms with Crippen LogP contribution in [0, 0.1) is 11.8 Å². The van der Waals surface area contributed by atoms with Crippen molar-refractivity contribution in [1.82, 2.24) is 0 Å². The Labute approximate surface area is 109 Å². The first-order valence-electron chi connectivity index (χ1n) is 6.97. The molecular weight excluding hydrogens is 224 g/mol. The largest absolute Gasteiger partial charge is 0.392 e. The fourth-order valence-electron chi connectivity index (χ4n) is 2.90. The lowest BCUT2D eigenvalue weighted by Gasteiger charge is -2.29. The summed E-state index contributed by atoms with van der Waals surface area (Å²) in [5, 5.41) is 10.4. The second-order valence-electron chi connectivity index (χ2n) is 5.41. The number of benzene rings is 1. The number of aliphatic hydroxyl groups excluding tert-OH is 1. The maximum atomic E-state index is 12.3. The number of ketones is 1. The molecule has 0 radical (unpaired) electrons. The minimum Gasteiger partial charge on any atom is -0.392 e. The molecule has 1 aromatic rings. The molecule has 1 fully saturated rings. The quantitative estimate of drug-likeness (QED) is 0.826. The lowest BCUT2D eigenvalue weighted by Crippen LogP contribution is -2.33. The normalized spacial score (nSPS) is 20.3. The van der Waals surface area contributed by atoms with Crippen molar-refractivity contribution in [1.29, 1.82) is 0 Å². The number of rotatable bonds is 4. The first-order chi connectivity index (χ1) is 8.70. The van der Waals surface area contributed by atoms with Crippen LogP contribution in [0.4, 0.5) is 0 Å². The lowest BCUT2D eigenvalue weighted by molar-refractivity contribution is 0.0360. The summed E-state index contributed by atoms with van der Waals surface area (Å²) in [7, 11) is 0. The number of hydrogen-bond acceptors (Lipinski definition) is 2. The lowest BCUT2D eigenvalue weighted by atomic mass is 9.79. The number of carbonyl (C=O) groups is 1. The molecule has 2 atom stereocenters. The van der Waals surface area contributed by atoms with Gasteiger partial charge in [-0.25, -0.2) is 0 Å². The van der Waals surface area contributed by atoms with Gasteiger partial charge in [-0.1, -0.05) is 56.5 Å². The topological polar surface area (TPSA) is 37.3 Å². The van der Waals surface area contributed by atoms with E-state index in [-0.39, 0.29) is 11.7 Å². The molecule has 0 saturated heterocycles. The smallest absolute Gasteiger partial charge is 0.168 e. The van der Waals surface area contributed by atoms with E-state index >= 15 is 0 Å². The third kappa shape index (κ3) is 2.99. The first-order valence-corrected chi connectivity index (χ1v) is 6.97. The maximum Gasteiger partial charge on any atom is 0.168 e. The van der Waals surface area contributed by atoms with Gasteiger partial charge in [-0.2, -0.15) is 0 Å². The van der Waals surface area contributed by atoms with Crippen LogP contribution in [0.25, 0.3) is 0 Å². The molecular formula is C16H22O2. The fraction of sp³-hybridized carbons (Fsp3) is 0.562. The maximum absolute atomic E-state index is 12.3. The molecule has 0 bridgehead atoms. The molecule has 0 aromatic heterocycles. The summed E-state index contributed by atoms with van der Waals surface area (Å²) >= 11 is 0. The van der Waals surface area contributed by atoms with Crippen LogP contribution in [0.2, 0.25) is 0 Å². The third-order valence-corrected chi connectivity index (χ3v) is 4.12. The molecule has 2 nitrogen and oxygen atoms in total. The second kappa shape index (κ2) is 6.14. The molecule has 1 aliphatic carbocycles. The van der Waals surface area contributed by atoms with Crippen LogP contribution in [0.5, 0.6) is 0 Å². The van der Waals surface area contributed by atoms with Gasteiger partial charge in [0, 0.05) is 11.5 Å². The first kappa shape index (κ1) is 13.3. The molecule has 0 spiro atoms. The standard InChI is InChI=1S/C16H22O2/c1-12(15(17)13-8-4-2-5-9-13)16(18)14-10-6-3-7-11-14/h2,4-5,8-9,12,14,16,18H,3,6-7,10-11H2,1H3/t12-,16-/m1/s1. The van der Waals surface area contributed by atoms with Gasteiger partial charge in [-0.15, -0.1) is 0 Å². The highest BCUT2D eigenvalue weighted by molar-refractivity contribution is 5.97. The van der Waals surface area contributed by atoms with Crippen molar-refractivity contribution in [2.75, 3.05) is 0 Å². The Hall–Kier alpha value is -1.15. The summed E-state index contributed by atoms with van der Waals surface area (Å²) in [4.78, 5) is 12.3. The van der Waals surface area contributed by atoms with Gasteiger partial charge < -0.3 is 5.11 Å². The zero-order chi connectivity index (χ0) is 13.0. The summed E-state index contributed by atoms with van der Waals surface area (Å²) in [6, 6.07) is 9.29. The average Bonchev–Trinajstić information content (AvgIpc) is 2.47. The van der Waals surface area contributed by atoms with E-state index in [2.05, 4.69) is 0 Å². The predicted molar refractivity (Wildman–Crippen MR) is 72.5 cm³/mol. The van der Waals surface area contributed by atoms with Gasteiger partial charge in [0.1, 0.15) is 0 Å². The van der Waals surface area contributed by atoms with Crippen molar-refractivity contribution >= 4 is 5.78 Å². The molecule has 0 aliphatic heterocycles. The van der Waals surface area contributed by atoms with E-state index < -0.39 is 6.10 Å². The summed E-state index contributed by atoms with van der Waals surface area (Å²) in [6.07, 6.45) is 5.28. The van der Waals surface area contributed by atoms with Gasteiger partial charge >= 0.3 is 0 Å². The SMILES string of the molecule is C[C@H](C(=O)c1ccccc1)[C@@H](O)C1CCCCC1. The van der Waals surface area contributed by atoms with Gasteiger partial charge in [0.2, 0.25) is 0 Å². The van der Waals surface area contributed by atoms with E-state index in [1.165, 1.54) is 19.3 Å². The van der Waals surface area contributed by atoms with E-state index in [0.717, 1.165) is 12.8 Å². The van der Waals surface area contributed by atoms with Gasteiger partial charge in [-0.05, 0) is 18.8 Å². The Morgan fingerprint density at radius 2 is 1.78 bits per heavy atom. The molecule has 2 heteroatoms. The highest BCUT2D eigenvalue weighted by Gasteiger charge is 2.30. The molecule has 0 unspecified atom stereocenters. The van der Waals surface area contributed by atoms with Gasteiger partial charge in [0.05, 0.1) is 6.10 Å². The molecule has 0 amide bonds. The van der Waals surface area contributed by atoms with Crippen LogP contribution in [0.15, 0.2) is 30.3 Å². The Morgan fingerprint density at radius 3 is 2.39 bits per heavy atom. The molecule has 1 N–H and O–H groups in total. The molecule has 98 valence electrons. The monoisotopic (exact) mass is 246 g/mol. The summed E-state index contributed by atoms with van der Waals surface area (Å²) in [6.45, 7) is 1.86. The number of carbonyl (C=O) groups excluding carboxylic acids is 1. The Balaban J connectivity index is 2.01. The molecule has 2 rings (SSSR count).